The van der Waals surface area contributed by atoms with Crippen molar-refractivity contribution < 1.29 is 0 Å². The van der Waals surface area contributed by atoms with Gasteiger partial charge in [-0.05, 0) is 56.0 Å². The fraction of sp³-hybridized carbons (Fsp3) is 0.500. The summed E-state index contributed by atoms with van der Waals surface area (Å²) in [6.45, 7) is 1.16. The molecule has 0 radical (unpaired) electrons. The van der Waals surface area contributed by atoms with Crippen LogP contribution in [0.15, 0.2) is 24.3 Å². The Hall–Kier alpha value is -0.530. The van der Waals surface area contributed by atoms with E-state index < -0.39 is 0 Å². The molecular formula is C12H16ClN. The van der Waals surface area contributed by atoms with Crippen LogP contribution in [-0.4, -0.2) is 13.6 Å². The van der Waals surface area contributed by atoms with Gasteiger partial charge in [0.25, 0.3) is 0 Å². The highest BCUT2D eigenvalue weighted by Crippen LogP contribution is 2.41. The number of hydrogen-bond donors (Lipinski definition) is 1. The van der Waals surface area contributed by atoms with Crippen LogP contribution >= 0.6 is 11.6 Å². The summed E-state index contributed by atoms with van der Waals surface area (Å²) >= 11 is 5.85. The zero-order valence-corrected chi connectivity index (χ0v) is 9.22. The van der Waals surface area contributed by atoms with Gasteiger partial charge in [-0.1, -0.05) is 23.7 Å². The minimum absolute atomic E-state index is 0.769. The summed E-state index contributed by atoms with van der Waals surface area (Å²) in [5, 5.41) is 4.06. The molecule has 0 atom stereocenters. The molecule has 0 aromatic heterocycles. The van der Waals surface area contributed by atoms with Gasteiger partial charge in [-0.2, -0.15) is 0 Å². The maximum atomic E-state index is 5.85. The molecule has 1 nitrogen and oxygen atoms in total. The van der Waals surface area contributed by atoms with Gasteiger partial charge in [-0.3, -0.25) is 0 Å². The molecule has 1 aliphatic carbocycles. The Morgan fingerprint density at radius 3 is 2.50 bits per heavy atom. The lowest BCUT2D eigenvalue weighted by molar-refractivity contribution is 0.259. The molecule has 0 spiro atoms. The number of halogens is 1. The molecule has 1 fully saturated rings. The lowest BCUT2D eigenvalue weighted by atomic mass is 9.71. The quantitative estimate of drug-likeness (QED) is 0.807. The zero-order chi connectivity index (χ0) is 9.97. The highest BCUT2D eigenvalue weighted by Gasteiger charge is 2.29. The molecule has 0 bridgehead atoms. The zero-order valence-electron chi connectivity index (χ0n) is 8.46. The predicted octanol–water partition coefficient (Wildman–Crippen LogP) is 3.05. The van der Waals surface area contributed by atoms with Crippen molar-refractivity contribution in [2.24, 2.45) is 5.92 Å². The molecule has 1 aromatic rings. The normalized spacial score (nSPS) is 25.9. The number of nitrogens with one attached hydrogen (secondary N) is 1. The van der Waals surface area contributed by atoms with Crippen molar-refractivity contribution in [2.75, 3.05) is 13.6 Å². The van der Waals surface area contributed by atoms with Crippen molar-refractivity contribution in [1.82, 2.24) is 5.32 Å². The molecule has 0 saturated heterocycles. The summed E-state index contributed by atoms with van der Waals surface area (Å²) in [6.07, 6.45) is 2.64. The summed E-state index contributed by atoms with van der Waals surface area (Å²) in [5.41, 5.74) is 1.45. The topological polar surface area (TPSA) is 12.0 Å². The van der Waals surface area contributed by atoms with Crippen LogP contribution < -0.4 is 5.32 Å². The minimum Gasteiger partial charge on any atom is -0.319 e. The largest absolute Gasteiger partial charge is 0.319 e. The van der Waals surface area contributed by atoms with E-state index in [2.05, 4.69) is 17.4 Å². The van der Waals surface area contributed by atoms with Gasteiger partial charge in [0, 0.05) is 5.02 Å². The molecule has 0 aliphatic heterocycles. The smallest absolute Gasteiger partial charge is 0.0406 e. The average molecular weight is 210 g/mol. The van der Waals surface area contributed by atoms with Crippen LogP contribution in [0.3, 0.4) is 0 Å². The third-order valence-corrected chi connectivity index (χ3v) is 3.32. The lowest BCUT2D eigenvalue weighted by Crippen LogP contribution is -2.30. The van der Waals surface area contributed by atoms with Gasteiger partial charge in [-0.15, -0.1) is 0 Å². The summed E-state index contributed by atoms with van der Waals surface area (Å²) in [4.78, 5) is 0. The first-order chi connectivity index (χ1) is 6.79. The molecular weight excluding hydrogens is 194 g/mol. The number of benzene rings is 1. The molecule has 2 rings (SSSR count). The van der Waals surface area contributed by atoms with Crippen LogP contribution in [-0.2, 0) is 0 Å². The second-order valence-electron chi connectivity index (χ2n) is 4.14. The fourth-order valence-corrected chi connectivity index (χ4v) is 2.32. The molecule has 14 heavy (non-hydrogen) atoms. The van der Waals surface area contributed by atoms with Crippen LogP contribution in [0.2, 0.25) is 5.02 Å². The Kier molecular flexibility index (Phi) is 3.09. The van der Waals surface area contributed by atoms with E-state index in [0.29, 0.717) is 0 Å². The highest BCUT2D eigenvalue weighted by atomic mass is 35.5. The molecule has 1 aromatic carbocycles. The molecule has 1 N–H and O–H groups in total. The SMILES string of the molecule is CNCC1CC(c2ccc(Cl)cc2)C1. The summed E-state index contributed by atoms with van der Waals surface area (Å²) in [5.74, 6) is 1.64. The van der Waals surface area contributed by atoms with E-state index in [1.165, 1.54) is 18.4 Å². The summed E-state index contributed by atoms with van der Waals surface area (Å²) < 4.78 is 0. The van der Waals surface area contributed by atoms with Gasteiger partial charge in [0.15, 0.2) is 0 Å². The van der Waals surface area contributed by atoms with Crippen LogP contribution in [0.5, 0.6) is 0 Å². The van der Waals surface area contributed by atoms with Crippen molar-refractivity contribution in [1.29, 1.82) is 0 Å². The first-order valence-corrected chi connectivity index (χ1v) is 5.57. The van der Waals surface area contributed by atoms with E-state index in [9.17, 15) is 0 Å². The van der Waals surface area contributed by atoms with Crippen molar-refractivity contribution in [3.05, 3.63) is 34.9 Å². The fourth-order valence-electron chi connectivity index (χ4n) is 2.20. The molecule has 2 heteroatoms. The van der Waals surface area contributed by atoms with E-state index in [1.54, 1.807) is 0 Å². The first kappa shape index (κ1) is 10.0. The number of hydrogen-bond acceptors (Lipinski definition) is 1. The van der Waals surface area contributed by atoms with E-state index >= 15 is 0 Å². The van der Waals surface area contributed by atoms with Gasteiger partial charge in [0.05, 0.1) is 0 Å². The van der Waals surface area contributed by atoms with E-state index in [4.69, 9.17) is 11.6 Å². The Morgan fingerprint density at radius 2 is 1.93 bits per heavy atom. The Balaban J connectivity index is 1.90. The molecule has 0 unspecified atom stereocenters. The third kappa shape index (κ3) is 2.10. The molecule has 1 aliphatic rings. The molecule has 76 valence electrons. The van der Waals surface area contributed by atoms with Crippen molar-refractivity contribution in [3.8, 4) is 0 Å². The Labute approximate surface area is 90.5 Å². The Bertz CT molecular complexity index is 288. The molecule has 0 amide bonds. The average Bonchev–Trinajstić information content (AvgIpc) is 2.13. The van der Waals surface area contributed by atoms with E-state index in [1.807, 2.05) is 19.2 Å². The van der Waals surface area contributed by atoms with Gasteiger partial charge in [0.2, 0.25) is 0 Å². The number of rotatable bonds is 3. The van der Waals surface area contributed by atoms with Crippen LogP contribution in [0.4, 0.5) is 0 Å². The van der Waals surface area contributed by atoms with Gasteiger partial charge in [-0.25, -0.2) is 0 Å². The van der Waals surface area contributed by atoms with Gasteiger partial charge < -0.3 is 5.32 Å². The molecule has 0 heterocycles. The second kappa shape index (κ2) is 4.33. The van der Waals surface area contributed by atoms with Crippen molar-refractivity contribution in [2.45, 2.75) is 18.8 Å². The van der Waals surface area contributed by atoms with Crippen LogP contribution in [0, 0.1) is 5.92 Å². The summed E-state index contributed by atoms with van der Waals surface area (Å²) in [7, 11) is 2.02. The highest BCUT2D eigenvalue weighted by molar-refractivity contribution is 6.30. The van der Waals surface area contributed by atoms with Crippen LogP contribution in [0.25, 0.3) is 0 Å². The first-order valence-electron chi connectivity index (χ1n) is 5.19. The van der Waals surface area contributed by atoms with Crippen molar-refractivity contribution >= 4 is 11.6 Å². The Morgan fingerprint density at radius 1 is 1.29 bits per heavy atom. The van der Waals surface area contributed by atoms with Gasteiger partial charge >= 0.3 is 0 Å². The second-order valence-corrected chi connectivity index (χ2v) is 4.58. The van der Waals surface area contributed by atoms with Crippen molar-refractivity contribution in [3.63, 3.8) is 0 Å². The lowest BCUT2D eigenvalue weighted by Gasteiger charge is -2.35. The minimum atomic E-state index is 0.769. The van der Waals surface area contributed by atoms with Gasteiger partial charge in [0.1, 0.15) is 0 Å². The molecule has 1 saturated carbocycles. The maximum Gasteiger partial charge on any atom is 0.0406 e. The maximum absolute atomic E-state index is 5.85. The van der Waals surface area contributed by atoms with E-state index in [-0.39, 0.29) is 0 Å². The standard InChI is InChI=1S/C12H16ClN/c1-14-8-9-6-11(7-9)10-2-4-12(13)5-3-10/h2-5,9,11,14H,6-8H2,1H3. The monoisotopic (exact) mass is 209 g/mol. The van der Waals surface area contributed by atoms with E-state index in [0.717, 1.165) is 23.4 Å². The third-order valence-electron chi connectivity index (χ3n) is 3.07. The summed E-state index contributed by atoms with van der Waals surface area (Å²) in [6, 6.07) is 8.29. The van der Waals surface area contributed by atoms with Crippen LogP contribution in [0.1, 0.15) is 24.3 Å². The predicted molar refractivity (Wildman–Crippen MR) is 60.8 cm³/mol.